The van der Waals surface area contributed by atoms with E-state index in [1.807, 2.05) is 6.08 Å². The fourth-order valence-corrected chi connectivity index (χ4v) is 7.15. The van der Waals surface area contributed by atoms with Gasteiger partial charge in [0.1, 0.15) is 47.0 Å². The van der Waals surface area contributed by atoms with E-state index in [1.54, 1.807) is 41.5 Å². The molecule has 3 fully saturated rings. The van der Waals surface area contributed by atoms with Gasteiger partial charge < -0.3 is 76.4 Å². The molecular weight excluding hydrogens is 708 g/mol. The number of nitrogens with zero attached hydrogens (tertiary/aromatic N) is 1. The van der Waals surface area contributed by atoms with Gasteiger partial charge in [0.05, 0.1) is 37.9 Å². The number of amides is 3. The molecule has 1 unspecified atom stereocenters. The summed E-state index contributed by atoms with van der Waals surface area (Å²) in [7, 11) is 1.37. The minimum atomic E-state index is -1.75. The summed E-state index contributed by atoms with van der Waals surface area (Å²) >= 11 is 0. The van der Waals surface area contributed by atoms with Crippen LogP contribution in [0.3, 0.4) is 0 Å². The Morgan fingerprint density at radius 3 is 2.31 bits per heavy atom. The monoisotopic (exact) mass is 772 g/mol. The molecule has 0 aromatic carbocycles. The number of rotatable bonds is 12. The van der Waals surface area contributed by atoms with Crippen LogP contribution < -0.4 is 27.4 Å². The highest BCUT2D eigenvalue weighted by molar-refractivity contribution is 5.81. The Morgan fingerprint density at radius 2 is 1.70 bits per heavy atom. The molecule has 3 amide bonds. The molecule has 2 saturated carbocycles. The molecule has 54 heavy (non-hydrogen) atoms. The molecule has 2 aliphatic carbocycles. The SMILES string of the molecule is CN(C(=O)OC(C)(C)C)[C@@H]1[C@@H](O)[C@@H](O[C@H]2[C@H](NC(=O)[C@@H](O)CNC(=O)OC(C)(C)C)C[C@H](N)C([C@H]3OC(CNCC4CC4)=CC[C@H]3N)[C@@H]2O)OC[C@]1(C)O. The minimum Gasteiger partial charge on any atom is -0.492 e. The summed E-state index contributed by atoms with van der Waals surface area (Å²) in [6, 6.07) is -3.69. The third kappa shape index (κ3) is 11.8. The number of aliphatic hydroxyl groups excluding tert-OH is 3. The number of alkyl carbamates (subject to hydrolysis) is 1. The van der Waals surface area contributed by atoms with Crippen molar-refractivity contribution in [2.45, 2.75) is 152 Å². The van der Waals surface area contributed by atoms with Gasteiger partial charge in [-0.2, -0.15) is 0 Å². The summed E-state index contributed by atoms with van der Waals surface area (Å²) < 4.78 is 29.1. The number of hydrogen-bond acceptors (Lipinski definition) is 15. The predicted octanol–water partition coefficient (Wildman–Crippen LogP) is -0.846. The summed E-state index contributed by atoms with van der Waals surface area (Å²) in [4.78, 5) is 39.6. The largest absolute Gasteiger partial charge is 0.492 e. The van der Waals surface area contributed by atoms with Gasteiger partial charge in [0.25, 0.3) is 5.91 Å². The van der Waals surface area contributed by atoms with Crippen molar-refractivity contribution < 1.29 is 58.5 Å². The van der Waals surface area contributed by atoms with Crippen LogP contribution in [0.25, 0.3) is 0 Å². The van der Waals surface area contributed by atoms with Crippen molar-refractivity contribution in [1.82, 2.24) is 20.9 Å². The molecule has 18 nitrogen and oxygen atoms in total. The first kappa shape index (κ1) is 43.9. The summed E-state index contributed by atoms with van der Waals surface area (Å²) in [6.45, 7) is 11.9. The van der Waals surface area contributed by atoms with E-state index in [-0.39, 0.29) is 13.0 Å². The second-order valence-corrected chi connectivity index (χ2v) is 17.4. The van der Waals surface area contributed by atoms with Crippen LogP contribution in [-0.4, -0.2) is 154 Å². The molecule has 2 aliphatic heterocycles. The average Bonchev–Trinajstić information content (AvgIpc) is 3.86. The molecule has 11 N–H and O–H groups in total. The molecule has 310 valence electrons. The van der Waals surface area contributed by atoms with E-state index in [1.165, 1.54) is 26.8 Å². The third-order valence-corrected chi connectivity index (χ3v) is 9.92. The molecule has 4 aliphatic rings. The van der Waals surface area contributed by atoms with Crippen LogP contribution in [0.1, 0.15) is 74.1 Å². The standard InChI is InChI=1S/C36H64N6O12/c1-34(2,3)53-32(47)40-16-23(43)30(46)41-22-13-21(38)24(27-20(37)12-11-19(51-27)15-39-14-18-9-10-18)25(44)28(22)52-31-26(45)29(36(7,49)17-50-31)42(8)33(48)54-35(4,5)6/h11,18,20-29,31,39,43-45,49H,9-10,12-17,37-38H2,1-8H3,(H,40,47)(H,41,46)/t20-,21+,22-,23+,24?,25+,26-,27+,28+,29-,31-,36+/m1/s1. The topological polar surface area (TPSA) is 270 Å². The number of hydrogen-bond donors (Lipinski definition) is 9. The minimum absolute atomic E-state index is 0.0116. The molecule has 0 aromatic rings. The van der Waals surface area contributed by atoms with Gasteiger partial charge in [0.15, 0.2) is 6.29 Å². The highest BCUT2D eigenvalue weighted by atomic mass is 16.7. The van der Waals surface area contributed by atoms with Crippen molar-refractivity contribution in [3.63, 3.8) is 0 Å². The van der Waals surface area contributed by atoms with Crippen molar-refractivity contribution in [3.05, 3.63) is 11.8 Å². The Bertz CT molecular complexity index is 1330. The molecule has 2 heterocycles. The number of likely N-dealkylation sites (N-methyl/N-ethyl adjacent to an activating group) is 1. The van der Waals surface area contributed by atoms with E-state index in [0.717, 1.165) is 11.4 Å². The second kappa shape index (κ2) is 17.5. The summed E-state index contributed by atoms with van der Waals surface area (Å²) in [5.41, 5.74) is 9.84. The van der Waals surface area contributed by atoms with Gasteiger partial charge >= 0.3 is 12.2 Å². The fraction of sp³-hybridized carbons (Fsp3) is 0.861. The summed E-state index contributed by atoms with van der Waals surface area (Å²) in [5, 5.41) is 54.1. The van der Waals surface area contributed by atoms with Gasteiger partial charge in [-0.15, -0.1) is 0 Å². The quantitative estimate of drug-likeness (QED) is 0.117. The maximum atomic E-state index is 13.3. The lowest BCUT2D eigenvalue weighted by Gasteiger charge is -2.51. The zero-order valence-electron chi connectivity index (χ0n) is 32.8. The van der Waals surface area contributed by atoms with Crippen molar-refractivity contribution in [3.8, 4) is 0 Å². The number of nitrogens with one attached hydrogen (secondary N) is 3. The molecule has 0 bridgehead atoms. The zero-order chi connectivity index (χ0) is 40.3. The first-order chi connectivity index (χ1) is 25.0. The molecule has 0 radical (unpaired) electrons. The van der Waals surface area contributed by atoms with Crippen LogP contribution in [0.2, 0.25) is 0 Å². The van der Waals surface area contributed by atoms with E-state index in [4.69, 9.17) is 35.2 Å². The van der Waals surface area contributed by atoms with Crippen LogP contribution in [0.5, 0.6) is 0 Å². The van der Waals surface area contributed by atoms with E-state index < -0.39 is 108 Å². The van der Waals surface area contributed by atoms with Gasteiger partial charge in [-0.3, -0.25) is 4.79 Å². The van der Waals surface area contributed by atoms with Gasteiger partial charge in [0, 0.05) is 25.0 Å². The first-order valence-corrected chi connectivity index (χ1v) is 18.8. The van der Waals surface area contributed by atoms with Gasteiger partial charge in [0.2, 0.25) is 0 Å². The smallest absolute Gasteiger partial charge is 0.410 e. The summed E-state index contributed by atoms with van der Waals surface area (Å²) in [5.74, 6) is -0.414. The van der Waals surface area contributed by atoms with Crippen molar-refractivity contribution >= 4 is 18.1 Å². The van der Waals surface area contributed by atoms with Crippen LogP contribution in [0, 0.1) is 11.8 Å². The van der Waals surface area contributed by atoms with Gasteiger partial charge in [-0.25, -0.2) is 9.59 Å². The van der Waals surface area contributed by atoms with E-state index in [9.17, 15) is 34.8 Å². The van der Waals surface area contributed by atoms with Gasteiger partial charge in [-0.05, 0) is 92.7 Å². The van der Waals surface area contributed by atoms with Crippen LogP contribution >= 0.6 is 0 Å². The number of carbonyl (C=O) groups is 3. The Labute approximate surface area is 317 Å². The summed E-state index contributed by atoms with van der Waals surface area (Å²) in [6.07, 6.45) is -5.38. The van der Waals surface area contributed by atoms with Crippen LogP contribution in [0.15, 0.2) is 11.8 Å². The Kier molecular flexibility index (Phi) is 14.3. The Morgan fingerprint density at radius 1 is 1.06 bits per heavy atom. The van der Waals surface area contributed by atoms with Crippen molar-refractivity contribution in [2.75, 3.05) is 33.3 Å². The normalized spacial score (nSPS) is 35.2. The van der Waals surface area contributed by atoms with Crippen molar-refractivity contribution in [1.29, 1.82) is 0 Å². The highest BCUT2D eigenvalue weighted by Crippen LogP contribution is 2.37. The van der Waals surface area contributed by atoms with Crippen LogP contribution in [0.4, 0.5) is 9.59 Å². The average molecular weight is 773 g/mol. The van der Waals surface area contributed by atoms with Crippen molar-refractivity contribution in [2.24, 2.45) is 23.3 Å². The van der Waals surface area contributed by atoms with Crippen LogP contribution in [-0.2, 0) is 28.5 Å². The molecular formula is C36H64N6O12. The molecule has 4 rings (SSSR count). The molecule has 12 atom stereocenters. The maximum Gasteiger partial charge on any atom is 0.410 e. The number of nitrogens with two attached hydrogens (primary N) is 2. The Balaban J connectivity index is 1.56. The number of ether oxygens (including phenoxy) is 5. The zero-order valence-corrected chi connectivity index (χ0v) is 32.8. The lowest BCUT2D eigenvalue weighted by atomic mass is 9.72. The fourth-order valence-electron chi connectivity index (χ4n) is 7.15. The first-order valence-electron chi connectivity index (χ1n) is 18.8. The number of aliphatic hydroxyl groups is 4. The lowest BCUT2D eigenvalue weighted by Crippen LogP contribution is -2.70. The number of carbonyl (C=O) groups excluding carboxylic acids is 3. The molecule has 0 spiro atoms. The van der Waals surface area contributed by atoms with E-state index >= 15 is 0 Å². The molecule has 1 saturated heterocycles. The van der Waals surface area contributed by atoms with E-state index in [2.05, 4.69) is 16.0 Å². The Hall–Kier alpha value is -2.81. The molecule has 0 aromatic heterocycles. The third-order valence-electron chi connectivity index (χ3n) is 9.92. The van der Waals surface area contributed by atoms with Gasteiger partial charge in [-0.1, -0.05) is 0 Å². The second-order valence-electron chi connectivity index (χ2n) is 17.4. The maximum absolute atomic E-state index is 13.3. The lowest BCUT2D eigenvalue weighted by molar-refractivity contribution is -0.305. The highest BCUT2D eigenvalue weighted by Gasteiger charge is 2.55. The molecule has 18 heteroatoms. The predicted molar refractivity (Wildman–Crippen MR) is 194 cm³/mol. The van der Waals surface area contributed by atoms with E-state index in [0.29, 0.717) is 24.6 Å².